The van der Waals surface area contributed by atoms with E-state index in [1.165, 1.54) is 12.8 Å². The SMILES string of the molecule is CCN(CC)CCNC1(C#N)CCC(C(C)(C)C)CC1. The van der Waals surface area contributed by atoms with Crippen molar-refractivity contribution in [3.05, 3.63) is 0 Å². The quantitative estimate of drug-likeness (QED) is 0.810. The Bertz CT molecular complexity index is 312. The fourth-order valence-electron chi connectivity index (χ4n) is 3.30. The van der Waals surface area contributed by atoms with Crippen molar-refractivity contribution in [1.82, 2.24) is 10.2 Å². The maximum absolute atomic E-state index is 9.58. The molecule has 3 nitrogen and oxygen atoms in total. The number of nitrogens with zero attached hydrogens (tertiary/aromatic N) is 2. The third-order valence-electron chi connectivity index (χ3n) is 5.06. The molecule has 0 radical (unpaired) electrons. The summed E-state index contributed by atoms with van der Waals surface area (Å²) in [6, 6.07) is 2.57. The summed E-state index contributed by atoms with van der Waals surface area (Å²) in [5.74, 6) is 0.758. The van der Waals surface area contributed by atoms with Crippen LogP contribution in [-0.4, -0.2) is 36.6 Å². The van der Waals surface area contributed by atoms with Gasteiger partial charge in [0.05, 0.1) is 6.07 Å². The maximum atomic E-state index is 9.58. The van der Waals surface area contributed by atoms with Crippen LogP contribution in [0.2, 0.25) is 0 Å². The third-order valence-corrected chi connectivity index (χ3v) is 5.06. The molecule has 0 heterocycles. The summed E-state index contributed by atoms with van der Waals surface area (Å²) in [6.45, 7) is 15.5. The van der Waals surface area contributed by atoms with E-state index in [0.29, 0.717) is 5.41 Å². The van der Waals surface area contributed by atoms with Crippen LogP contribution in [0.3, 0.4) is 0 Å². The molecule has 0 aliphatic heterocycles. The number of nitrogens with one attached hydrogen (secondary N) is 1. The van der Waals surface area contributed by atoms with Gasteiger partial charge in [-0.3, -0.25) is 5.32 Å². The second-order valence-corrected chi connectivity index (χ2v) is 7.29. The van der Waals surface area contributed by atoms with E-state index in [9.17, 15) is 5.26 Å². The van der Waals surface area contributed by atoms with Gasteiger partial charge in [0, 0.05) is 13.1 Å². The molecular formula is C17H33N3. The molecule has 116 valence electrons. The van der Waals surface area contributed by atoms with Gasteiger partial charge in [-0.05, 0) is 50.1 Å². The van der Waals surface area contributed by atoms with Crippen LogP contribution in [0.15, 0.2) is 0 Å². The summed E-state index contributed by atoms with van der Waals surface area (Å²) in [7, 11) is 0. The zero-order valence-corrected chi connectivity index (χ0v) is 14.1. The molecule has 1 saturated carbocycles. The molecule has 0 amide bonds. The molecular weight excluding hydrogens is 246 g/mol. The highest BCUT2D eigenvalue weighted by Crippen LogP contribution is 2.41. The fraction of sp³-hybridized carbons (Fsp3) is 0.941. The molecule has 0 aromatic rings. The molecule has 0 aromatic carbocycles. The van der Waals surface area contributed by atoms with Gasteiger partial charge < -0.3 is 4.90 Å². The minimum Gasteiger partial charge on any atom is -0.303 e. The second-order valence-electron chi connectivity index (χ2n) is 7.29. The largest absolute Gasteiger partial charge is 0.303 e. The van der Waals surface area contributed by atoms with Crippen LogP contribution in [0.4, 0.5) is 0 Å². The van der Waals surface area contributed by atoms with Gasteiger partial charge in [-0.2, -0.15) is 5.26 Å². The zero-order valence-electron chi connectivity index (χ0n) is 14.1. The highest BCUT2D eigenvalue weighted by atomic mass is 15.1. The van der Waals surface area contributed by atoms with Crippen LogP contribution < -0.4 is 5.32 Å². The minimum absolute atomic E-state index is 0.269. The molecule has 1 N–H and O–H groups in total. The van der Waals surface area contributed by atoms with Gasteiger partial charge in [0.15, 0.2) is 0 Å². The Hall–Kier alpha value is -0.590. The van der Waals surface area contributed by atoms with E-state index in [1.807, 2.05) is 0 Å². The first kappa shape index (κ1) is 17.5. The average molecular weight is 279 g/mol. The second kappa shape index (κ2) is 7.43. The topological polar surface area (TPSA) is 39.1 Å². The van der Waals surface area contributed by atoms with Crippen molar-refractivity contribution in [1.29, 1.82) is 5.26 Å². The number of hydrogen-bond acceptors (Lipinski definition) is 3. The highest BCUT2D eigenvalue weighted by Gasteiger charge is 2.38. The van der Waals surface area contributed by atoms with E-state index in [2.05, 4.69) is 50.9 Å². The minimum atomic E-state index is -0.269. The monoisotopic (exact) mass is 279 g/mol. The average Bonchev–Trinajstić information content (AvgIpc) is 2.43. The van der Waals surface area contributed by atoms with Crippen LogP contribution in [0.25, 0.3) is 0 Å². The lowest BCUT2D eigenvalue weighted by atomic mass is 9.67. The van der Waals surface area contributed by atoms with Gasteiger partial charge in [0.2, 0.25) is 0 Å². The van der Waals surface area contributed by atoms with Crippen molar-refractivity contribution in [2.75, 3.05) is 26.2 Å². The lowest BCUT2D eigenvalue weighted by Crippen LogP contribution is -2.50. The van der Waals surface area contributed by atoms with E-state index < -0.39 is 0 Å². The molecule has 3 heteroatoms. The Morgan fingerprint density at radius 1 is 1.20 bits per heavy atom. The summed E-state index contributed by atoms with van der Waals surface area (Å²) in [4.78, 5) is 2.40. The van der Waals surface area contributed by atoms with Crippen LogP contribution in [0.1, 0.15) is 60.3 Å². The lowest BCUT2D eigenvalue weighted by Gasteiger charge is -2.41. The van der Waals surface area contributed by atoms with Gasteiger partial charge >= 0.3 is 0 Å². The zero-order chi connectivity index (χ0) is 15.2. The maximum Gasteiger partial charge on any atom is 0.106 e. The van der Waals surface area contributed by atoms with Crippen molar-refractivity contribution in [2.24, 2.45) is 11.3 Å². The first-order valence-corrected chi connectivity index (χ1v) is 8.25. The van der Waals surface area contributed by atoms with Crippen molar-refractivity contribution in [3.63, 3.8) is 0 Å². The summed E-state index contributed by atoms with van der Waals surface area (Å²) in [5, 5.41) is 13.1. The van der Waals surface area contributed by atoms with Crippen LogP contribution in [0.5, 0.6) is 0 Å². The molecule has 0 saturated heterocycles. The predicted molar refractivity (Wildman–Crippen MR) is 85.5 cm³/mol. The molecule has 0 unspecified atom stereocenters. The highest BCUT2D eigenvalue weighted by molar-refractivity contribution is 5.09. The van der Waals surface area contributed by atoms with E-state index in [1.54, 1.807) is 0 Å². The Labute approximate surface area is 125 Å². The Morgan fingerprint density at radius 3 is 2.15 bits per heavy atom. The van der Waals surface area contributed by atoms with E-state index >= 15 is 0 Å². The number of rotatable bonds is 6. The van der Waals surface area contributed by atoms with Crippen molar-refractivity contribution in [3.8, 4) is 6.07 Å². The number of nitriles is 1. The fourth-order valence-corrected chi connectivity index (χ4v) is 3.30. The smallest absolute Gasteiger partial charge is 0.106 e. The number of likely N-dealkylation sites (N-methyl/N-ethyl adjacent to an activating group) is 1. The predicted octanol–water partition coefficient (Wildman–Crippen LogP) is 3.42. The first-order valence-electron chi connectivity index (χ1n) is 8.25. The molecule has 1 aliphatic rings. The van der Waals surface area contributed by atoms with E-state index in [4.69, 9.17) is 0 Å². The van der Waals surface area contributed by atoms with Gasteiger partial charge in [0.1, 0.15) is 5.54 Å². The molecule has 20 heavy (non-hydrogen) atoms. The normalized spacial score (nSPS) is 27.6. The van der Waals surface area contributed by atoms with Crippen molar-refractivity contribution < 1.29 is 0 Å². The lowest BCUT2D eigenvalue weighted by molar-refractivity contribution is 0.136. The Kier molecular flexibility index (Phi) is 6.48. The standard InChI is InChI=1S/C17H33N3/c1-6-20(7-2)13-12-19-17(14-18)10-8-15(9-11-17)16(3,4)5/h15,19H,6-13H2,1-5H3. The van der Waals surface area contributed by atoms with Crippen LogP contribution in [0, 0.1) is 22.7 Å². The third kappa shape index (κ3) is 4.75. The van der Waals surface area contributed by atoms with E-state index in [0.717, 1.165) is 44.9 Å². The molecule has 1 fully saturated rings. The van der Waals surface area contributed by atoms with E-state index in [-0.39, 0.29) is 5.54 Å². The summed E-state index contributed by atoms with van der Waals surface area (Å²) in [6.07, 6.45) is 4.36. The summed E-state index contributed by atoms with van der Waals surface area (Å²) in [5.41, 5.74) is 0.109. The molecule has 0 atom stereocenters. The molecule has 0 bridgehead atoms. The molecule has 0 aromatic heterocycles. The molecule has 1 rings (SSSR count). The van der Waals surface area contributed by atoms with Gasteiger partial charge in [-0.15, -0.1) is 0 Å². The Balaban J connectivity index is 2.45. The molecule has 1 aliphatic carbocycles. The van der Waals surface area contributed by atoms with Gasteiger partial charge in [0.25, 0.3) is 0 Å². The van der Waals surface area contributed by atoms with Gasteiger partial charge in [-0.25, -0.2) is 0 Å². The molecule has 0 spiro atoms. The first-order chi connectivity index (χ1) is 9.37. The van der Waals surface area contributed by atoms with Gasteiger partial charge in [-0.1, -0.05) is 34.6 Å². The Morgan fingerprint density at radius 2 is 1.75 bits per heavy atom. The summed E-state index contributed by atoms with van der Waals surface area (Å²) < 4.78 is 0. The number of hydrogen-bond donors (Lipinski definition) is 1. The van der Waals surface area contributed by atoms with Crippen LogP contribution >= 0.6 is 0 Å². The van der Waals surface area contributed by atoms with Crippen molar-refractivity contribution >= 4 is 0 Å². The van der Waals surface area contributed by atoms with Crippen LogP contribution in [-0.2, 0) is 0 Å². The van der Waals surface area contributed by atoms with Crippen molar-refractivity contribution in [2.45, 2.75) is 65.8 Å². The summed E-state index contributed by atoms with van der Waals surface area (Å²) >= 11 is 0.